The predicted molar refractivity (Wildman–Crippen MR) is 110 cm³/mol. The minimum atomic E-state index is -0.255. The molecule has 4 aromatic rings. The van der Waals surface area contributed by atoms with Crippen LogP contribution in [0, 0.1) is 6.92 Å². The quantitative estimate of drug-likeness (QED) is 0.486. The van der Waals surface area contributed by atoms with E-state index >= 15 is 0 Å². The van der Waals surface area contributed by atoms with E-state index in [4.69, 9.17) is 4.42 Å². The number of rotatable bonds is 5. The third-order valence-electron chi connectivity index (χ3n) is 4.73. The maximum Gasteiger partial charge on any atom is 0.264 e. The van der Waals surface area contributed by atoms with Crippen molar-refractivity contribution in [2.45, 2.75) is 26.8 Å². The Bertz CT molecular complexity index is 1170. The van der Waals surface area contributed by atoms with Crippen molar-refractivity contribution in [2.24, 2.45) is 0 Å². The van der Waals surface area contributed by atoms with E-state index in [9.17, 15) is 9.90 Å². The largest absolute Gasteiger partial charge is 0.507 e. The molecule has 0 spiro atoms. The first kappa shape index (κ1) is 18.7. The monoisotopic (exact) mass is 387 g/mol. The molecule has 4 rings (SSSR count). The minimum absolute atomic E-state index is 0.0383. The molecule has 2 aromatic carbocycles. The highest BCUT2D eigenvalue weighted by molar-refractivity contribution is 6.11. The second kappa shape index (κ2) is 7.39. The summed E-state index contributed by atoms with van der Waals surface area (Å²) in [7, 11) is 0. The molecule has 0 saturated heterocycles. The fourth-order valence-corrected chi connectivity index (χ4v) is 3.21. The summed E-state index contributed by atoms with van der Waals surface area (Å²) in [6.07, 6.45) is 1.76. The number of ketones is 1. The first-order valence-corrected chi connectivity index (χ1v) is 9.39. The molecule has 1 N–H and O–H groups in total. The van der Waals surface area contributed by atoms with Crippen molar-refractivity contribution in [1.82, 2.24) is 14.8 Å². The van der Waals surface area contributed by atoms with Crippen molar-refractivity contribution in [3.63, 3.8) is 0 Å². The Morgan fingerprint density at radius 2 is 1.76 bits per heavy atom. The lowest BCUT2D eigenvalue weighted by Gasteiger charge is -2.10. The molecule has 2 heterocycles. The SMILES string of the molecule is Cc1ccc(O)c(C(=O)c2cc(-c3nnc(-c4ccccc4)o3)n(C(C)C)c2)c1. The van der Waals surface area contributed by atoms with Crippen molar-refractivity contribution in [2.75, 3.05) is 0 Å². The van der Waals surface area contributed by atoms with Crippen LogP contribution in [-0.4, -0.2) is 25.7 Å². The van der Waals surface area contributed by atoms with Crippen LogP contribution in [0.4, 0.5) is 0 Å². The van der Waals surface area contributed by atoms with Crippen LogP contribution in [-0.2, 0) is 0 Å². The molecule has 0 radical (unpaired) electrons. The van der Waals surface area contributed by atoms with E-state index in [0.29, 0.717) is 23.0 Å². The van der Waals surface area contributed by atoms with Crippen LogP contribution in [0.25, 0.3) is 23.0 Å². The van der Waals surface area contributed by atoms with Gasteiger partial charge in [0.05, 0.1) is 5.56 Å². The topological polar surface area (TPSA) is 81.2 Å². The van der Waals surface area contributed by atoms with Crippen molar-refractivity contribution in [1.29, 1.82) is 0 Å². The van der Waals surface area contributed by atoms with Gasteiger partial charge in [0.15, 0.2) is 5.78 Å². The Morgan fingerprint density at radius 3 is 2.48 bits per heavy atom. The van der Waals surface area contributed by atoms with E-state index in [0.717, 1.165) is 11.1 Å². The summed E-state index contributed by atoms with van der Waals surface area (Å²) in [5.74, 6) is 0.463. The van der Waals surface area contributed by atoms with Gasteiger partial charge in [-0.25, -0.2) is 0 Å². The van der Waals surface area contributed by atoms with Crippen LogP contribution in [0.3, 0.4) is 0 Å². The lowest BCUT2D eigenvalue weighted by atomic mass is 10.0. The molecule has 0 atom stereocenters. The van der Waals surface area contributed by atoms with Gasteiger partial charge in [0.25, 0.3) is 5.89 Å². The van der Waals surface area contributed by atoms with E-state index in [1.165, 1.54) is 6.07 Å². The predicted octanol–water partition coefficient (Wildman–Crippen LogP) is 5.03. The van der Waals surface area contributed by atoms with Crippen molar-refractivity contribution in [3.8, 4) is 28.8 Å². The molecule has 0 aliphatic carbocycles. The molecule has 0 saturated carbocycles. The summed E-state index contributed by atoms with van der Waals surface area (Å²) in [6, 6.07) is 16.3. The van der Waals surface area contributed by atoms with Gasteiger partial charge < -0.3 is 14.1 Å². The Morgan fingerprint density at radius 1 is 1.03 bits per heavy atom. The first-order chi connectivity index (χ1) is 13.9. The first-order valence-electron chi connectivity index (χ1n) is 9.39. The van der Waals surface area contributed by atoms with E-state index in [-0.39, 0.29) is 23.1 Å². The minimum Gasteiger partial charge on any atom is -0.507 e. The van der Waals surface area contributed by atoms with Gasteiger partial charge in [-0.05, 0) is 51.1 Å². The highest BCUT2D eigenvalue weighted by atomic mass is 16.4. The average molecular weight is 387 g/mol. The fraction of sp³-hybridized carbons (Fsp3) is 0.174. The lowest BCUT2D eigenvalue weighted by Crippen LogP contribution is -2.03. The number of carbonyl (C=O) groups is 1. The van der Waals surface area contributed by atoms with Crippen molar-refractivity contribution in [3.05, 3.63) is 77.5 Å². The second-order valence-corrected chi connectivity index (χ2v) is 7.24. The number of phenols is 1. The van der Waals surface area contributed by atoms with Gasteiger partial charge in [-0.15, -0.1) is 10.2 Å². The standard InChI is InChI=1S/C23H21N3O3/c1-14(2)26-13-17(21(28)18-11-15(3)9-10-20(18)27)12-19(26)23-25-24-22(29-23)16-7-5-4-6-8-16/h4-14,27H,1-3H3. The summed E-state index contributed by atoms with van der Waals surface area (Å²) in [5, 5.41) is 18.5. The zero-order chi connectivity index (χ0) is 20.5. The molecule has 0 fully saturated rings. The van der Waals surface area contributed by atoms with Crippen LogP contribution in [0.2, 0.25) is 0 Å². The molecule has 2 aromatic heterocycles. The molecule has 0 unspecified atom stereocenters. The van der Waals surface area contributed by atoms with Gasteiger partial charge in [-0.1, -0.05) is 29.8 Å². The summed E-state index contributed by atoms with van der Waals surface area (Å²) < 4.78 is 7.80. The molecule has 0 aliphatic rings. The van der Waals surface area contributed by atoms with E-state index < -0.39 is 0 Å². The van der Waals surface area contributed by atoms with Crippen molar-refractivity contribution < 1.29 is 14.3 Å². The van der Waals surface area contributed by atoms with E-state index in [2.05, 4.69) is 10.2 Å². The zero-order valence-electron chi connectivity index (χ0n) is 16.5. The van der Waals surface area contributed by atoms with Crippen LogP contribution < -0.4 is 0 Å². The zero-order valence-corrected chi connectivity index (χ0v) is 16.5. The molecule has 29 heavy (non-hydrogen) atoms. The van der Waals surface area contributed by atoms with E-state index in [1.54, 1.807) is 24.4 Å². The second-order valence-electron chi connectivity index (χ2n) is 7.24. The third kappa shape index (κ3) is 3.57. The number of aromatic nitrogens is 3. The average Bonchev–Trinajstić information content (AvgIpc) is 3.37. The highest BCUT2D eigenvalue weighted by Gasteiger charge is 2.22. The van der Waals surface area contributed by atoms with Gasteiger partial charge in [0.2, 0.25) is 5.89 Å². The molecule has 6 heteroatoms. The maximum atomic E-state index is 13.0. The third-order valence-corrected chi connectivity index (χ3v) is 4.73. The van der Waals surface area contributed by atoms with Crippen LogP contribution >= 0.6 is 0 Å². The normalized spacial score (nSPS) is 11.2. The van der Waals surface area contributed by atoms with Crippen LogP contribution in [0.5, 0.6) is 5.75 Å². The van der Waals surface area contributed by atoms with Gasteiger partial charge in [-0.2, -0.15) is 0 Å². The Balaban J connectivity index is 1.76. The number of aromatic hydroxyl groups is 1. The highest BCUT2D eigenvalue weighted by Crippen LogP contribution is 2.30. The van der Waals surface area contributed by atoms with Gasteiger partial charge >= 0.3 is 0 Å². The molecular formula is C23H21N3O3. The summed E-state index contributed by atoms with van der Waals surface area (Å²) in [6.45, 7) is 5.90. The van der Waals surface area contributed by atoms with Gasteiger partial charge in [0, 0.05) is 23.4 Å². The Labute approximate surface area is 168 Å². The Hall–Kier alpha value is -3.67. The van der Waals surface area contributed by atoms with Crippen LogP contribution in [0.15, 0.2) is 65.2 Å². The maximum absolute atomic E-state index is 13.0. The van der Waals surface area contributed by atoms with Crippen molar-refractivity contribution >= 4 is 5.78 Å². The lowest BCUT2D eigenvalue weighted by molar-refractivity contribution is 0.103. The Kier molecular flexibility index (Phi) is 4.76. The van der Waals surface area contributed by atoms with Gasteiger partial charge in [-0.3, -0.25) is 4.79 Å². The molecule has 146 valence electrons. The van der Waals surface area contributed by atoms with Crippen LogP contribution in [0.1, 0.15) is 41.4 Å². The molecule has 0 aliphatic heterocycles. The number of nitrogens with zero attached hydrogens (tertiary/aromatic N) is 3. The molecule has 0 amide bonds. The summed E-state index contributed by atoms with van der Waals surface area (Å²) in [5.41, 5.74) is 3.11. The summed E-state index contributed by atoms with van der Waals surface area (Å²) in [4.78, 5) is 13.0. The van der Waals surface area contributed by atoms with E-state index in [1.807, 2.05) is 55.7 Å². The number of phenolic OH excluding ortho intramolecular Hbond substituents is 1. The molecular weight excluding hydrogens is 366 g/mol. The molecule has 0 bridgehead atoms. The number of carbonyl (C=O) groups excluding carboxylic acids is 1. The number of hydrogen-bond acceptors (Lipinski definition) is 5. The fourth-order valence-electron chi connectivity index (χ4n) is 3.21. The number of benzene rings is 2. The smallest absolute Gasteiger partial charge is 0.264 e. The number of aryl methyl sites for hydroxylation is 1. The molecule has 6 nitrogen and oxygen atoms in total. The number of hydrogen-bond donors (Lipinski definition) is 1. The van der Waals surface area contributed by atoms with Gasteiger partial charge in [0.1, 0.15) is 11.4 Å². The summed E-state index contributed by atoms with van der Waals surface area (Å²) >= 11 is 0.